The summed E-state index contributed by atoms with van der Waals surface area (Å²) in [7, 11) is 0.312. The van der Waals surface area contributed by atoms with Crippen molar-refractivity contribution in [2.24, 2.45) is 0 Å². The average Bonchev–Trinajstić information content (AvgIpc) is 3.34. The minimum atomic E-state index is -4.10. The molecule has 3 rings (SSSR count). The van der Waals surface area contributed by atoms with E-state index < -0.39 is 22.5 Å². The molecule has 1 amide bonds. The summed E-state index contributed by atoms with van der Waals surface area (Å²) >= 11 is 0. The Hall–Kier alpha value is -2.98. The zero-order chi connectivity index (χ0) is 23.1. The average molecular weight is 465 g/mol. The molecule has 2 aromatic rings. The first-order valence-electron chi connectivity index (χ1n) is 10.2. The SMILES string of the molecule is COc1ccc(N(CC(=O)NC[C@H]2CCCO2)S(=O)(=O)c2ccc(OC)c(OC)c2)cc1. The van der Waals surface area contributed by atoms with Gasteiger partial charge >= 0.3 is 0 Å². The second-order valence-corrected chi connectivity index (χ2v) is 9.03. The number of amides is 1. The number of benzene rings is 2. The third kappa shape index (κ3) is 5.43. The third-order valence-corrected chi connectivity index (χ3v) is 6.91. The van der Waals surface area contributed by atoms with Gasteiger partial charge in [-0.2, -0.15) is 0 Å². The van der Waals surface area contributed by atoms with Crippen molar-refractivity contribution in [2.45, 2.75) is 23.8 Å². The second-order valence-electron chi connectivity index (χ2n) is 7.17. The molecule has 1 N–H and O–H groups in total. The van der Waals surface area contributed by atoms with Crippen molar-refractivity contribution >= 4 is 21.6 Å². The number of nitrogens with one attached hydrogen (secondary N) is 1. The number of anilines is 1. The predicted octanol–water partition coefficient (Wildman–Crippen LogP) is 2.20. The van der Waals surface area contributed by atoms with Crippen molar-refractivity contribution in [1.29, 1.82) is 0 Å². The Balaban J connectivity index is 1.90. The molecular weight excluding hydrogens is 436 g/mol. The van der Waals surface area contributed by atoms with Gasteiger partial charge in [-0.25, -0.2) is 8.42 Å². The maximum Gasteiger partial charge on any atom is 0.264 e. The molecular formula is C22H28N2O7S. The molecule has 1 heterocycles. The summed E-state index contributed by atoms with van der Waals surface area (Å²) in [4.78, 5) is 12.6. The van der Waals surface area contributed by atoms with Gasteiger partial charge in [-0.05, 0) is 49.2 Å². The Morgan fingerprint density at radius 3 is 2.38 bits per heavy atom. The summed E-state index contributed by atoms with van der Waals surface area (Å²) in [6.07, 6.45) is 1.77. The molecule has 174 valence electrons. The van der Waals surface area contributed by atoms with Crippen molar-refractivity contribution < 1.29 is 32.2 Å². The number of ether oxygens (including phenoxy) is 4. The van der Waals surface area contributed by atoms with Crippen LogP contribution in [0.15, 0.2) is 47.4 Å². The van der Waals surface area contributed by atoms with E-state index in [4.69, 9.17) is 18.9 Å². The minimum Gasteiger partial charge on any atom is -0.497 e. The molecule has 0 spiro atoms. The maximum atomic E-state index is 13.5. The van der Waals surface area contributed by atoms with Crippen molar-refractivity contribution in [3.8, 4) is 17.2 Å². The molecule has 0 unspecified atom stereocenters. The lowest BCUT2D eigenvalue weighted by molar-refractivity contribution is -0.120. The van der Waals surface area contributed by atoms with Gasteiger partial charge in [0.05, 0.1) is 38.0 Å². The Labute approximate surface area is 188 Å². The van der Waals surface area contributed by atoms with Crippen LogP contribution in [0, 0.1) is 0 Å². The molecule has 0 aromatic heterocycles. The molecule has 0 radical (unpaired) electrons. The molecule has 1 aliphatic rings. The van der Waals surface area contributed by atoms with E-state index in [0.717, 1.165) is 17.1 Å². The van der Waals surface area contributed by atoms with Gasteiger partial charge in [-0.1, -0.05) is 0 Å². The normalized spacial score (nSPS) is 15.8. The molecule has 32 heavy (non-hydrogen) atoms. The van der Waals surface area contributed by atoms with Crippen LogP contribution >= 0.6 is 0 Å². The molecule has 0 bridgehead atoms. The number of carbonyl (C=O) groups is 1. The zero-order valence-corrected chi connectivity index (χ0v) is 19.2. The summed E-state index contributed by atoms with van der Waals surface area (Å²) in [5, 5.41) is 2.77. The van der Waals surface area contributed by atoms with E-state index in [9.17, 15) is 13.2 Å². The van der Waals surface area contributed by atoms with Crippen LogP contribution in [0.2, 0.25) is 0 Å². The van der Waals surface area contributed by atoms with E-state index in [1.54, 1.807) is 24.3 Å². The summed E-state index contributed by atoms with van der Waals surface area (Å²) in [6.45, 7) is 0.619. The van der Waals surface area contributed by atoms with E-state index in [2.05, 4.69) is 5.32 Å². The first-order chi connectivity index (χ1) is 15.4. The molecule has 0 aliphatic carbocycles. The summed E-state index contributed by atoms with van der Waals surface area (Å²) in [5.74, 6) is 0.809. The fourth-order valence-corrected chi connectivity index (χ4v) is 4.82. The van der Waals surface area contributed by atoms with Crippen LogP contribution in [0.3, 0.4) is 0 Å². The lowest BCUT2D eigenvalue weighted by Crippen LogP contribution is -2.42. The van der Waals surface area contributed by atoms with Crippen LogP contribution in [-0.2, 0) is 19.6 Å². The highest BCUT2D eigenvalue weighted by atomic mass is 32.2. The molecule has 2 aromatic carbocycles. The van der Waals surface area contributed by atoms with Gasteiger partial charge in [-0.15, -0.1) is 0 Å². The van der Waals surface area contributed by atoms with Gasteiger partial charge < -0.3 is 24.3 Å². The number of rotatable bonds is 10. The molecule has 1 saturated heterocycles. The summed E-state index contributed by atoms with van der Waals surface area (Å²) in [6, 6.07) is 10.7. The van der Waals surface area contributed by atoms with E-state index >= 15 is 0 Å². The largest absolute Gasteiger partial charge is 0.497 e. The maximum absolute atomic E-state index is 13.5. The lowest BCUT2D eigenvalue weighted by Gasteiger charge is -2.25. The molecule has 1 fully saturated rings. The summed E-state index contributed by atoms with van der Waals surface area (Å²) < 4.78 is 49.3. The standard InChI is InChI=1S/C22H28N2O7S/c1-28-17-8-6-16(7-9-17)24(15-22(25)23-14-18-5-4-12-31-18)32(26,27)19-10-11-20(29-2)21(13-19)30-3/h6-11,13,18H,4-5,12,14-15H2,1-3H3,(H,23,25)/t18-/m1/s1. The Bertz CT molecular complexity index is 1020. The molecule has 0 saturated carbocycles. The van der Waals surface area contributed by atoms with Gasteiger partial charge in [0, 0.05) is 19.2 Å². The van der Waals surface area contributed by atoms with Gasteiger partial charge in [0.15, 0.2) is 11.5 Å². The smallest absolute Gasteiger partial charge is 0.264 e. The first-order valence-corrected chi connectivity index (χ1v) is 11.6. The van der Waals surface area contributed by atoms with E-state index in [0.29, 0.717) is 30.3 Å². The van der Waals surface area contributed by atoms with Crippen molar-refractivity contribution in [2.75, 3.05) is 45.3 Å². The van der Waals surface area contributed by atoms with Gasteiger partial charge in [-0.3, -0.25) is 9.10 Å². The number of carbonyl (C=O) groups excluding carboxylic acids is 1. The quantitative estimate of drug-likeness (QED) is 0.575. The number of nitrogens with zero attached hydrogens (tertiary/aromatic N) is 1. The molecule has 10 heteroatoms. The number of sulfonamides is 1. The first kappa shape index (κ1) is 23.7. The van der Waals surface area contributed by atoms with Gasteiger partial charge in [0.25, 0.3) is 10.0 Å². The molecule has 9 nitrogen and oxygen atoms in total. The summed E-state index contributed by atoms with van der Waals surface area (Å²) in [5.41, 5.74) is 0.327. The third-order valence-electron chi connectivity index (χ3n) is 5.14. The van der Waals surface area contributed by atoms with Gasteiger partial charge in [0.2, 0.25) is 5.91 Å². The molecule has 1 aliphatic heterocycles. The molecule has 1 atom stereocenters. The fourth-order valence-electron chi connectivity index (χ4n) is 3.39. The van der Waals surface area contributed by atoms with Crippen LogP contribution in [0.5, 0.6) is 17.2 Å². The number of hydrogen-bond acceptors (Lipinski definition) is 7. The second kappa shape index (κ2) is 10.6. The van der Waals surface area contributed by atoms with E-state index in [1.807, 2.05) is 0 Å². The lowest BCUT2D eigenvalue weighted by atomic mass is 10.2. The van der Waals surface area contributed by atoms with Crippen LogP contribution < -0.4 is 23.8 Å². The van der Waals surface area contributed by atoms with Crippen LogP contribution in [0.1, 0.15) is 12.8 Å². The Morgan fingerprint density at radius 2 is 1.78 bits per heavy atom. The number of hydrogen-bond donors (Lipinski definition) is 1. The fraction of sp³-hybridized carbons (Fsp3) is 0.409. The zero-order valence-electron chi connectivity index (χ0n) is 18.4. The highest BCUT2D eigenvalue weighted by molar-refractivity contribution is 7.92. The van der Waals surface area contributed by atoms with E-state index in [-0.39, 0.29) is 16.7 Å². The van der Waals surface area contributed by atoms with Crippen LogP contribution in [0.25, 0.3) is 0 Å². The highest BCUT2D eigenvalue weighted by Crippen LogP contribution is 2.32. The van der Waals surface area contributed by atoms with Crippen molar-refractivity contribution in [3.63, 3.8) is 0 Å². The van der Waals surface area contributed by atoms with Crippen LogP contribution in [-0.4, -0.2) is 61.5 Å². The van der Waals surface area contributed by atoms with Crippen molar-refractivity contribution in [3.05, 3.63) is 42.5 Å². The topological polar surface area (TPSA) is 103 Å². The Kier molecular flexibility index (Phi) is 7.81. The van der Waals surface area contributed by atoms with Crippen LogP contribution in [0.4, 0.5) is 5.69 Å². The Morgan fingerprint density at radius 1 is 1.06 bits per heavy atom. The van der Waals surface area contributed by atoms with Crippen molar-refractivity contribution in [1.82, 2.24) is 5.32 Å². The highest BCUT2D eigenvalue weighted by Gasteiger charge is 2.29. The minimum absolute atomic E-state index is 0.0297. The van der Waals surface area contributed by atoms with Gasteiger partial charge in [0.1, 0.15) is 12.3 Å². The number of methoxy groups -OCH3 is 3. The van der Waals surface area contributed by atoms with E-state index in [1.165, 1.54) is 39.5 Å². The predicted molar refractivity (Wildman–Crippen MR) is 119 cm³/mol. The monoisotopic (exact) mass is 464 g/mol.